The summed E-state index contributed by atoms with van der Waals surface area (Å²) >= 11 is 0. The highest BCUT2D eigenvalue weighted by atomic mass is 16.5. The molecule has 0 aliphatic carbocycles. The van der Waals surface area contributed by atoms with Crippen LogP contribution in [0.5, 0.6) is 5.75 Å². The standard InChI is InChI=1S/C19H20N4O4/c1-22-8-7-13(17-15(10-20)21-18(17)24)9-16(22)23(19(25)26)11-12-3-5-14(27-2)6-4-12/h3-7,9,15,17H,8,11H2,1-2H3,(H,21,24)(H,25,26)/t15-,17+/m0/s1. The highest BCUT2D eigenvalue weighted by Crippen LogP contribution is 2.30. The number of benzene rings is 1. The Kier molecular flexibility index (Phi) is 5.03. The van der Waals surface area contributed by atoms with Crippen molar-refractivity contribution in [2.24, 2.45) is 5.92 Å². The van der Waals surface area contributed by atoms with Crippen molar-refractivity contribution in [3.63, 3.8) is 0 Å². The van der Waals surface area contributed by atoms with Gasteiger partial charge in [-0.1, -0.05) is 18.2 Å². The van der Waals surface area contributed by atoms with Crippen LogP contribution >= 0.6 is 0 Å². The zero-order valence-corrected chi connectivity index (χ0v) is 15.0. The predicted octanol–water partition coefficient (Wildman–Crippen LogP) is 1.53. The first-order chi connectivity index (χ1) is 12.9. The maximum Gasteiger partial charge on any atom is 0.413 e. The van der Waals surface area contributed by atoms with Crippen molar-refractivity contribution in [3.05, 3.63) is 53.4 Å². The van der Waals surface area contributed by atoms with Crippen LogP contribution in [0, 0.1) is 17.2 Å². The van der Waals surface area contributed by atoms with Crippen molar-refractivity contribution >= 4 is 12.0 Å². The van der Waals surface area contributed by atoms with Gasteiger partial charge in [-0.2, -0.15) is 5.26 Å². The Hall–Kier alpha value is -3.47. The van der Waals surface area contributed by atoms with Crippen LogP contribution in [0.1, 0.15) is 5.56 Å². The Morgan fingerprint density at radius 2 is 2.15 bits per heavy atom. The van der Waals surface area contributed by atoms with E-state index in [1.165, 1.54) is 4.90 Å². The number of hydrogen-bond acceptors (Lipinski definition) is 5. The molecule has 140 valence electrons. The van der Waals surface area contributed by atoms with E-state index in [0.29, 0.717) is 23.7 Å². The summed E-state index contributed by atoms with van der Waals surface area (Å²) in [6.07, 6.45) is 2.43. The smallest absolute Gasteiger partial charge is 0.413 e. The van der Waals surface area contributed by atoms with Crippen LogP contribution in [0.25, 0.3) is 0 Å². The van der Waals surface area contributed by atoms with Gasteiger partial charge in [0.05, 0.1) is 25.6 Å². The minimum atomic E-state index is -1.10. The highest BCUT2D eigenvalue weighted by Gasteiger charge is 2.42. The number of ether oxygens (including phenoxy) is 1. The lowest BCUT2D eigenvalue weighted by Gasteiger charge is -2.37. The molecular formula is C19H20N4O4. The fourth-order valence-electron chi connectivity index (χ4n) is 3.15. The van der Waals surface area contributed by atoms with Gasteiger partial charge in [0.2, 0.25) is 5.91 Å². The monoisotopic (exact) mass is 368 g/mol. The lowest BCUT2D eigenvalue weighted by molar-refractivity contribution is -0.131. The molecule has 27 heavy (non-hydrogen) atoms. The van der Waals surface area contributed by atoms with Gasteiger partial charge in [-0.05, 0) is 29.3 Å². The largest absolute Gasteiger partial charge is 0.497 e. The third-order valence-electron chi connectivity index (χ3n) is 4.71. The van der Waals surface area contributed by atoms with Gasteiger partial charge in [0, 0.05) is 13.6 Å². The molecule has 2 heterocycles. The molecule has 1 aromatic rings. The number of nitriles is 1. The van der Waals surface area contributed by atoms with Crippen molar-refractivity contribution in [1.82, 2.24) is 15.1 Å². The van der Waals surface area contributed by atoms with E-state index in [0.717, 1.165) is 5.56 Å². The quantitative estimate of drug-likeness (QED) is 0.764. The van der Waals surface area contributed by atoms with Gasteiger partial charge in [0.25, 0.3) is 0 Å². The van der Waals surface area contributed by atoms with E-state index in [2.05, 4.69) is 11.4 Å². The second kappa shape index (κ2) is 7.41. The second-order valence-electron chi connectivity index (χ2n) is 6.40. The molecular weight excluding hydrogens is 348 g/mol. The molecule has 2 aliphatic heterocycles. The van der Waals surface area contributed by atoms with Crippen molar-refractivity contribution in [2.75, 3.05) is 20.7 Å². The molecule has 0 radical (unpaired) electrons. The van der Waals surface area contributed by atoms with Crippen LogP contribution in [0.15, 0.2) is 47.8 Å². The summed E-state index contributed by atoms with van der Waals surface area (Å²) in [4.78, 5) is 26.8. The molecule has 1 aromatic carbocycles. The Morgan fingerprint density at radius 3 is 2.70 bits per heavy atom. The Bertz CT molecular complexity index is 853. The number of hydrogen-bond donors (Lipinski definition) is 2. The molecule has 0 spiro atoms. The lowest BCUT2D eigenvalue weighted by Crippen LogP contribution is -2.58. The summed E-state index contributed by atoms with van der Waals surface area (Å²) in [5.41, 5.74) is 1.47. The molecule has 8 heteroatoms. The van der Waals surface area contributed by atoms with Gasteiger partial charge < -0.3 is 20.1 Å². The van der Waals surface area contributed by atoms with E-state index in [1.807, 2.05) is 6.08 Å². The Morgan fingerprint density at radius 1 is 1.44 bits per heavy atom. The zero-order chi connectivity index (χ0) is 19.6. The van der Waals surface area contributed by atoms with Crippen LogP contribution in [0.3, 0.4) is 0 Å². The van der Waals surface area contributed by atoms with Crippen LogP contribution in [-0.4, -0.2) is 53.7 Å². The molecule has 2 atom stereocenters. The number of amides is 2. The number of carbonyl (C=O) groups is 2. The molecule has 0 unspecified atom stereocenters. The average molecular weight is 368 g/mol. The molecule has 2 aliphatic rings. The summed E-state index contributed by atoms with van der Waals surface area (Å²) in [6.45, 7) is 0.608. The fourth-order valence-corrected chi connectivity index (χ4v) is 3.15. The number of likely N-dealkylation sites (N-methyl/N-ethyl adjacent to an activating group) is 1. The molecule has 2 amide bonds. The molecule has 0 bridgehead atoms. The summed E-state index contributed by atoms with van der Waals surface area (Å²) in [5.74, 6) is 0.380. The first-order valence-corrected chi connectivity index (χ1v) is 8.41. The van der Waals surface area contributed by atoms with Gasteiger partial charge in [-0.15, -0.1) is 0 Å². The summed E-state index contributed by atoms with van der Waals surface area (Å²) in [7, 11) is 3.35. The van der Waals surface area contributed by atoms with E-state index in [1.54, 1.807) is 49.4 Å². The average Bonchev–Trinajstić information content (AvgIpc) is 2.66. The second-order valence-corrected chi connectivity index (χ2v) is 6.40. The van der Waals surface area contributed by atoms with Crippen LogP contribution in [-0.2, 0) is 11.3 Å². The molecule has 2 N–H and O–H groups in total. The van der Waals surface area contributed by atoms with Crippen LogP contribution < -0.4 is 10.1 Å². The lowest BCUT2D eigenvalue weighted by atomic mass is 9.83. The zero-order valence-electron chi connectivity index (χ0n) is 15.0. The van der Waals surface area contributed by atoms with Gasteiger partial charge >= 0.3 is 6.09 Å². The number of methoxy groups -OCH3 is 1. The van der Waals surface area contributed by atoms with Crippen molar-refractivity contribution < 1.29 is 19.4 Å². The third-order valence-corrected chi connectivity index (χ3v) is 4.71. The first kappa shape index (κ1) is 18.3. The van der Waals surface area contributed by atoms with Gasteiger partial charge in [-0.25, -0.2) is 4.79 Å². The molecule has 3 rings (SSSR count). The van der Waals surface area contributed by atoms with Gasteiger partial charge in [0.1, 0.15) is 17.6 Å². The molecule has 1 saturated heterocycles. The number of nitrogens with one attached hydrogen (secondary N) is 1. The minimum absolute atomic E-state index is 0.154. The minimum Gasteiger partial charge on any atom is -0.497 e. The van der Waals surface area contributed by atoms with E-state index in [-0.39, 0.29) is 12.5 Å². The summed E-state index contributed by atoms with van der Waals surface area (Å²) < 4.78 is 5.12. The maximum atomic E-state index is 11.9. The Balaban J connectivity index is 1.86. The van der Waals surface area contributed by atoms with Crippen molar-refractivity contribution in [3.8, 4) is 11.8 Å². The molecule has 8 nitrogen and oxygen atoms in total. The summed E-state index contributed by atoms with van der Waals surface area (Å²) in [6, 6.07) is 8.63. The number of nitrogens with zero attached hydrogens (tertiary/aromatic N) is 3. The number of carboxylic acid groups (broad SMARTS) is 1. The maximum absolute atomic E-state index is 11.9. The number of β-lactam (4-membered cyclic amide) rings is 1. The first-order valence-electron chi connectivity index (χ1n) is 8.41. The van der Waals surface area contributed by atoms with Crippen LogP contribution in [0.2, 0.25) is 0 Å². The SMILES string of the molecule is COc1ccc(CN(C(=O)O)C2=CC([C@H]3C(=O)N[C@H]3C#N)=CCN2C)cc1. The third kappa shape index (κ3) is 3.58. The normalized spacial score (nSPS) is 21.2. The highest BCUT2D eigenvalue weighted by molar-refractivity contribution is 5.90. The fraction of sp³-hybridized carbons (Fsp3) is 0.316. The van der Waals surface area contributed by atoms with Crippen LogP contribution in [0.4, 0.5) is 4.79 Å². The number of rotatable bonds is 5. The van der Waals surface area contributed by atoms with E-state index in [9.17, 15) is 14.7 Å². The van der Waals surface area contributed by atoms with Crippen molar-refractivity contribution in [2.45, 2.75) is 12.6 Å². The van der Waals surface area contributed by atoms with Gasteiger partial charge in [0.15, 0.2) is 0 Å². The van der Waals surface area contributed by atoms with Gasteiger partial charge in [-0.3, -0.25) is 9.69 Å². The predicted molar refractivity (Wildman–Crippen MR) is 96.4 cm³/mol. The van der Waals surface area contributed by atoms with E-state index < -0.39 is 18.1 Å². The Labute approximate surface area is 156 Å². The molecule has 0 aromatic heterocycles. The van der Waals surface area contributed by atoms with E-state index in [4.69, 9.17) is 10.00 Å². The molecule has 0 saturated carbocycles. The summed E-state index contributed by atoms with van der Waals surface area (Å²) in [5, 5.41) is 21.4. The number of carbonyl (C=O) groups excluding carboxylic acids is 1. The topological polar surface area (TPSA) is 106 Å². The van der Waals surface area contributed by atoms with E-state index >= 15 is 0 Å². The molecule has 1 fully saturated rings. The number of allylic oxidation sites excluding steroid dienone is 1. The van der Waals surface area contributed by atoms with Crippen molar-refractivity contribution in [1.29, 1.82) is 5.26 Å².